The third-order valence-electron chi connectivity index (χ3n) is 8.23. The van der Waals surface area contributed by atoms with E-state index in [-0.39, 0.29) is 25.3 Å². The fraction of sp³-hybridized carbons (Fsp3) is 0.171. The molecule has 2 atom stereocenters. The quantitative estimate of drug-likeness (QED) is 0.200. The molecule has 2 amide bonds. The van der Waals surface area contributed by atoms with Crippen molar-refractivity contribution >= 4 is 55.6 Å². The van der Waals surface area contributed by atoms with Crippen molar-refractivity contribution in [3.05, 3.63) is 103 Å². The number of aromatic nitrogens is 3. The summed E-state index contributed by atoms with van der Waals surface area (Å²) in [5.74, 6) is -0.979. The maximum absolute atomic E-state index is 14.8. The van der Waals surface area contributed by atoms with Crippen LogP contribution in [-0.4, -0.2) is 56.0 Å². The van der Waals surface area contributed by atoms with E-state index in [1.807, 2.05) is 66.7 Å². The fourth-order valence-electron chi connectivity index (χ4n) is 6.03. The topological polar surface area (TPSA) is 97.2 Å². The van der Waals surface area contributed by atoms with Crippen LogP contribution in [0.25, 0.3) is 42.6 Å². The minimum atomic E-state index is -1.33. The van der Waals surface area contributed by atoms with Gasteiger partial charge in [0.05, 0.1) is 18.9 Å². The largest absolute Gasteiger partial charge is 0.337 e. The third-order valence-corrected chi connectivity index (χ3v) is 9.38. The predicted octanol–water partition coefficient (Wildman–Crippen LogP) is 6.76. The van der Waals surface area contributed by atoms with Gasteiger partial charge in [-0.3, -0.25) is 14.4 Å². The van der Waals surface area contributed by atoms with E-state index in [4.69, 9.17) is 0 Å². The first-order valence-corrected chi connectivity index (χ1v) is 15.4. The first-order chi connectivity index (χ1) is 21.9. The lowest BCUT2D eigenvalue weighted by Gasteiger charge is -2.24. The summed E-state index contributed by atoms with van der Waals surface area (Å²) in [7, 11) is 0. The van der Waals surface area contributed by atoms with Gasteiger partial charge < -0.3 is 14.8 Å². The van der Waals surface area contributed by atoms with E-state index in [0.29, 0.717) is 22.2 Å². The number of nitrogens with zero attached hydrogens (tertiary/aromatic N) is 4. The highest BCUT2D eigenvalue weighted by atomic mass is 32.1. The van der Waals surface area contributed by atoms with Gasteiger partial charge in [0.2, 0.25) is 11.8 Å². The summed E-state index contributed by atoms with van der Waals surface area (Å²) < 4.78 is 17.7. The second kappa shape index (κ2) is 11.7. The van der Waals surface area contributed by atoms with E-state index in [1.165, 1.54) is 11.8 Å². The van der Waals surface area contributed by atoms with Crippen molar-refractivity contribution in [2.45, 2.75) is 32.1 Å². The van der Waals surface area contributed by atoms with E-state index in [9.17, 15) is 18.8 Å². The van der Waals surface area contributed by atoms with E-state index < -0.39 is 24.0 Å². The summed E-state index contributed by atoms with van der Waals surface area (Å²) >= 11 is 1.63. The number of para-hydroxylation sites is 1. The number of hydrogen-bond donors (Lipinski definition) is 1. The van der Waals surface area contributed by atoms with Crippen LogP contribution in [0.4, 0.5) is 10.1 Å². The van der Waals surface area contributed by atoms with Gasteiger partial charge in [0, 0.05) is 55.5 Å². The van der Waals surface area contributed by atoms with Crippen LogP contribution in [0.15, 0.2) is 97.5 Å². The number of halogens is 1. The van der Waals surface area contributed by atoms with Crippen LogP contribution < -0.4 is 5.32 Å². The molecular weight excluding hydrogens is 589 g/mol. The SMILES string of the molecule is CC(=O)c1cn(CC(=O)N2CC(F)CC2C(=O)Nc2ccccc2-c2cc3ccccc3s2)c2ccc(-c3ccnnc3)cc12. The van der Waals surface area contributed by atoms with Crippen molar-refractivity contribution in [2.75, 3.05) is 11.9 Å². The number of carbonyl (C=O) groups is 3. The zero-order valence-corrected chi connectivity index (χ0v) is 25.1. The Balaban J connectivity index is 1.14. The van der Waals surface area contributed by atoms with Crippen LogP contribution in [-0.2, 0) is 16.1 Å². The second-order valence-electron chi connectivity index (χ2n) is 11.2. The molecule has 4 heterocycles. The summed E-state index contributed by atoms with van der Waals surface area (Å²) in [6.07, 6.45) is 3.48. The van der Waals surface area contributed by atoms with E-state index in [1.54, 1.807) is 34.5 Å². The zero-order valence-electron chi connectivity index (χ0n) is 24.3. The number of fused-ring (bicyclic) bond motifs is 2. The van der Waals surface area contributed by atoms with E-state index in [0.717, 1.165) is 31.7 Å². The summed E-state index contributed by atoms with van der Waals surface area (Å²) in [6.45, 7) is 1.16. The highest BCUT2D eigenvalue weighted by Gasteiger charge is 2.40. The third kappa shape index (κ3) is 5.49. The average Bonchev–Trinajstić information content (AvgIpc) is 3.76. The molecule has 1 fully saturated rings. The molecule has 8 nitrogen and oxygen atoms in total. The Morgan fingerprint density at radius 1 is 0.978 bits per heavy atom. The highest BCUT2D eigenvalue weighted by molar-refractivity contribution is 7.22. The maximum atomic E-state index is 14.8. The molecule has 1 N–H and O–H groups in total. The smallest absolute Gasteiger partial charge is 0.247 e. The molecule has 7 rings (SSSR count). The van der Waals surface area contributed by atoms with Crippen molar-refractivity contribution in [3.8, 4) is 21.6 Å². The molecule has 3 aromatic heterocycles. The average molecular weight is 618 g/mol. The minimum Gasteiger partial charge on any atom is -0.337 e. The molecule has 0 radical (unpaired) electrons. The number of carbonyl (C=O) groups excluding carboxylic acids is 3. The van der Waals surface area contributed by atoms with Gasteiger partial charge in [-0.2, -0.15) is 10.2 Å². The number of thiophene rings is 1. The molecule has 2 unspecified atom stereocenters. The lowest BCUT2D eigenvalue weighted by molar-refractivity contribution is -0.137. The van der Waals surface area contributed by atoms with Gasteiger partial charge in [-0.05, 0) is 54.3 Å². The van der Waals surface area contributed by atoms with Crippen molar-refractivity contribution in [3.63, 3.8) is 0 Å². The molecule has 6 aromatic rings. The molecule has 0 saturated carbocycles. The maximum Gasteiger partial charge on any atom is 0.247 e. The normalized spacial score (nSPS) is 16.4. The van der Waals surface area contributed by atoms with Crippen LogP contribution in [0.3, 0.4) is 0 Å². The number of rotatable bonds is 7. The van der Waals surface area contributed by atoms with Crippen molar-refractivity contribution in [1.82, 2.24) is 19.7 Å². The monoisotopic (exact) mass is 617 g/mol. The molecule has 224 valence electrons. The molecule has 0 spiro atoms. The molecule has 1 aliphatic heterocycles. The Morgan fingerprint density at radius 3 is 2.60 bits per heavy atom. The number of alkyl halides is 1. The highest BCUT2D eigenvalue weighted by Crippen LogP contribution is 2.37. The van der Waals surface area contributed by atoms with Gasteiger partial charge in [-0.25, -0.2) is 4.39 Å². The van der Waals surface area contributed by atoms with Gasteiger partial charge in [0.25, 0.3) is 0 Å². The van der Waals surface area contributed by atoms with Crippen molar-refractivity contribution in [1.29, 1.82) is 0 Å². The summed E-state index contributed by atoms with van der Waals surface area (Å²) in [4.78, 5) is 42.2. The van der Waals surface area contributed by atoms with Crippen LogP contribution in [0, 0.1) is 0 Å². The lowest BCUT2D eigenvalue weighted by Crippen LogP contribution is -2.44. The molecule has 45 heavy (non-hydrogen) atoms. The Morgan fingerprint density at radius 2 is 1.80 bits per heavy atom. The number of nitrogens with one attached hydrogen (secondary N) is 1. The second-order valence-corrected chi connectivity index (χ2v) is 12.3. The summed E-state index contributed by atoms with van der Waals surface area (Å²) in [5.41, 5.74) is 4.33. The summed E-state index contributed by atoms with van der Waals surface area (Å²) in [5, 5.41) is 12.5. The van der Waals surface area contributed by atoms with Crippen LogP contribution in [0.2, 0.25) is 0 Å². The Hall–Kier alpha value is -5.22. The number of benzene rings is 3. The fourth-order valence-corrected chi connectivity index (χ4v) is 7.13. The van der Waals surface area contributed by atoms with Crippen molar-refractivity contribution in [2.24, 2.45) is 0 Å². The zero-order chi connectivity index (χ0) is 31.1. The molecule has 1 saturated heterocycles. The van der Waals surface area contributed by atoms with Gasteiger partial charge in [0.15, 0.2) is 5.78 Å². The number of anilines is 1. The minimum absolute atomic E-state index is 0.0862. The number of amides is 2. The molecule has 0 aliphatic carbocycles. The van der Waals surface area contributed by atoms with Crippen LogP contribution in [0.5, 0.6) is 0 Å². The predicted molar refractivity (Wildman–Crippen MR) is 174 cm³/mol. The molecule has 0 bridgehead atoms. The Labute approximate surface area is 262 Å². The Kier molecular flexibility index (Phi) is 7.42. The summed E-state index contributed by atoms with van der Waals surface area (Å²) in [6, 6.07) is 24.2. The van der Waals surface area contributed by atoms with Gasteiger partial charge >= 0.3 is 0 Å². The molecular formula is C35H28FN5O3S. The number of likely N-dealkylation sites (tertiary alicyclic amines) is 1. The lowest BCUT2D eigenvalue weighted by atomic mass is 10.0. The number of Topliss-reactive ketones (excluding diaryl/α,β-unsaturated/α-hetero) is 1. The molecule has 1 aliphatic rings. The van der Waals surface area contributed by atoms with Gasteiger partial charge in [0.1, 0.15) is 18.8 Å². The van der Waals surface area contributed by atoms with Crippen molar-refractivity contribution < 1.29 is 18.8 Å². The van der Waals surface area contributed by atoms with E-state index in [2.05, 4.69) is 27.6 Å². The van der Waals surface area contributed by atoms with Gasteiger partial charge in [-0.1, -0.05) is 42.5 Å². The first-order valence-electron chi connectivity index (χ1n) is 14.6. The first kappa shape index (κ1) is 28.5. The molecule has 10 heteroatoms. The van der Waals surface area contributed by atoms with Gasteiger partial charge in [-0.15, -0.1) is 11.3 Å². The number of ketones is 1. The van der Waals surface area contributed by atoms with Crippen LogP contribution >= 0.6 is 11.3 Å². The van der Waals surface area contributed by atoms with Crippen LogP contribution in [0.1, 0.15) is 23.7 Å². The Bertz CT molecular complexity index is 2060. The van der Waals surface area contributed by atoms with E-state index >= 15 is 0 Å². The molecule has 3 aromatic carbocycles. The number of hydrogen-bond acceptors (Lipinski definition) is 6. The standard InChI is InChI=1S/C35H28FN5O3S/c1-21(42)28-19-40(30-11-10-22(14-27(28)30)24-12-13-37-38-17-24)20-34(43)41-18-25(36)16-31(41)35(44)39-29-8-4-3-7-26(29)33-15-23-6-2-5-9-32(23)45-33/h2-15,17,19,25,31H,16,18,20H2,1H3,(H,39,44).